The zero-order chi connectivity index (χ0) is 19.2. The minimum Gasteiger partial charge on any atom is -0.484 e. The molecule has 3 rings (SSSR count). The van der Waals surface area contributed by atoms with Crippen molar-refractivity contribution in [1.29, 1.82) is 0 Å². The SMILES string of the molecule is Cc1ccc(OCC(=O)N2CCN(C(=O)C(N)C3CCOCC3)CC2)cc1. The predicted octanol–water partition coefficient (Wildman–Crippen LogP) is 0.799. The first-order valence-electron chi connectivity index (χ1n) is 9.64. The molecule has 2 N–H and O–H groups in total. The minimum absolute atomic E-state index is 0.00935. The minimum atomic E-state index is -0.471. The van der Waals surface area contributed by atoms with E-state index in [1.165, 1.54) is 0 Å². The number of carbonyl (C=O) groups is 2. The second-order valence-electron chi connectivity index (χ2n) is 7.28. The molecule has 27 heavy (non-hydrogen) atoms. The molecule has 1 unspecified atom stereocenters. The van der Waals surface area contributed by atoms with Crippen LogP contribution in [0.1, 0.15) is 18.4 Å². The van der Waals surface area contributed by atoms with E-state index in [1.54, 1.807) is 9.80 Å². The molecule has 2 aliphatic rings. The molecule has 2 aliphatic heterocycles. The van der Waals surface area contributed by atoms with Gasteiger partial charge < -0.3 is 25.0 Å². The Hall–Kier alpha value is -2.12. The maximum atomic E-state index is 12.6. The number of rotatable bonds is 5. The van der Waals surface area contributed by atoms with E-state index in [0.29, 0.717) is 45.1 Å². The molecule has 0 saturated carbocycles. The van der Waals surface area contributed by atoms with Crippen molar-refractivity contribution in [2.45, 2.75) is 25.8 Å². The highest BCUT2D eigenvalue weighted by atomic mass is 16.5. The van der Waals surface area contributed by atoms with Gasteiger partial charge in [0.15, 0.2) is 6.61 Å². The van der Waals surface area contributed by atoms with Crippen LogP contribution >= 0.6 is 0 Å². The second-order valence-corrected chi connectivity index (χ2v) is 7.28. The van der Waals surface area contributed by atoms with Crippen LogP contribution in [0.15, 0.2) is 24.3 Å². The fourth-order valence-electron chi connectivity index (χ4n) is 3.53. The van der Waals surface area contributed by atoms with Crippen molar-refractivity contribution in [2.75, 3.05) is 46.0 Å². The molecule has 2 saturated heterocycles. The Kier molecular flexibility index (Phi) is 6.68. The van der Waals surface area contributed by atoms with Crippen LogP contribution in [-0.2, 0) is 14.3 Å². The van der Waals surface area contributed by atoms with Gasteiger partial charge in [-0.3, -0.25) is 9.59 Å². The summed E-state index contributed by atoms with van der Waals surface area (Å²) in [4.78, 5) is 28.5. The van der Waals surface area contributed by atoms with Gasteiger partial charge in [0.05, 0.1) is 6.04 Å². The van der Waals surface area contributed by atoms with Crippen LogP contribution in [0.25, 0.3) is 0 Å². The third kappa shape index (κ3) is 5.20. The lowest BCUT2D eigenvalue weighted by atomic mass is 9.91. The van der Waals surface area contributed by atoms with E-state index in [1.807, 2.05) is 31.2 Å². The van der Waals surface area contributed by atoms with E-state index in [2.05, 4.69) is 0 Å². The molecule has 1 atom stereocenters. The molecule has 0 aromatic heterocycles. The Balaban J connectivity index is 1.42. The third-order valence-electron chi connectivity index (χ3n) is 5.39. The van der Waals surface area contributed by atoms with Crippen molar-refractivity contribution in [2.24, 2.45) is 11.7 Å². The van der Waals surface area contributed by atoms with Crippen molar-refractivity contribution in [3.63, 3.8) is 0 Å². The zero-order valence-electron chi connectivity index (χ0n) is 15.9. The fraction of sp³-hybridized carbons (Fsp3) is 0.600. The van der Waals surface area contributed by atoms with Crippen LogP contribution < -0.4 is 10.5 Å². The monoisotopic (exact) mass is 375 g/mol. The van der Waals surface area contributed by atoms with Gasteiger partial charge in [-0.1, -0.05) is 17.7 Å². The van der Waals surface area contributed by atoms with E-state index < -0.39 is 6.04 Å². The van der Waals surface area contributed by atoms with Gasteiger partial charge in [0.25, 0.3) is 5.91 Å². The van der Waals surface area contributed by atoms with Gasteiger partial charge in [0, 0.05) is 39.4 Å². The Morgan fingerprint density at radius 2 is 1.70 bits per heavy atom. The summed E-state index contributed by atoms with van der Waals surface area (Å²) >= 11 is 0. The summed E-state index contributed by atoms with van der Waals surface area (Å²) in [5.41, 5.74) is 7.34. The van der Waals surface area contributed by atoms with E-state index >= 15 is 0 Å². The summed E-state index contributed by atoms with van der Waals surface area (Å²) in [6.07, 6.45) is 1.67. The smallest absolute Gasteiger partial charge is 0.260 e. The summed E-state index contributed by atoms with van der Waals surface area (Å²) < 4.78 is 10.9. The maximum absolute atomic E-state index is 12.6. The standard InChI is InChI=1S/C20H29N3O4/c1-15-2-4-17(5-3-15)27-14-18(24)22-8-10-23(11-9-22)20(25)19(21)16-6-12-26-13-7-16/h2-5,16,19H,6-14,21H2,1H3. The molecular weight excluding hydrogens is 346 g/mol. The molecule has 0 aliphatic carbocycles. The molecule has 0 bridgehead atoms. The highest BCUT2D eigenvalue weighted by Gasteiger charge is 2.32. The van der Waals surface area contributed by atoms with Crippen LogP contribution in [0.2, 0.25) is 0 Å². The lowest BCUT2D eigenvalue weighted by Crippen LogP contribution is -2.56. The summed E-state index contributed by atoms with van der Waals surface area (Å²) in [6, 6.07) is 7.15. The molecule has 2 fully saturated rings. The Bertz CT molecular complexity index is 635. The highest BCUT2D eigenvalue weighted by molar-refractivity contribution is 5.83. The average Bonchev–Trinajstić information content (AvgIpc) is 2.73. The quantitative estimate of drug-likeness (QED) is 0.823. The number of piperazine rings is 1. The lowest BCUT2D eigenvalue weighted by Gasteiger charge is -2.37. The van der Waals surface area contributed by atoms with Gasteiger partial charge >= 0.3 is 0 Å². The molecule has 2 amide bonds. The lowest BCUT2D eigenvalue weighted by molar-refractivity contribution is -0.142. The molecule has 7 nitrogen and oxygen atoms in total. The Morgan fingerprint density at radius 3 is 2.33 bits per heavy atom. The van der Waals surface area contributed by atoms with Crippen LogP contribution in [0, 0.1) is 12.8 Å². The average molecular weight is 375 g/mol. The van der Waals surface area contributed by atoms with Crippen molar-refractivity contribution in [3.05, 3.63) is 29.8 Å². The van der Waals surface area contributed by atoms with Gasteiger partial charge in [-0.15, -0.1) is 0 Å². The molecule has 2 heterocycles. The van der Waals surface area contributed by atoms with Gasteiger partial charge in [0.1, 0.15) is 5.75 Å². The van der Waals surface area contributed by atoms with Crippen LogP contribution in [-0.4, -0.2) is 73.7 Å². The molecule has 0 radical (unpaired) electrons. The van der Waals surface area contributed by atoms with E-state index in [-0.39, 0.29) is 24.3 Å². The van der Waals surface area contributed by atoms with Gasteiger partial charge in [-0.25, -0.2) is 0 Å². The third-order valence-corrected chi connectivity index (χ3v) is 5.39. The summed E-state index contributed by atoms with van der Waals surface area (Å²) in [5.74, 6) is 0.806. The molecule has 1 aromatic carbocycles. The first-order chi connectivity index (χ1) is 13.0. The number of hydrogen-bond donors (Lipinski definition) is 1. The summed E-state index contributed by atoms with van der Waals surface area (Å²) in [5, 5.41) is 0. The fourth-order valence-corrected chi connectivity index (χ4v) is 3.53. The number of ether oxygens (including phenoxy) is 2. The van der Waals surface area contributed by atoms with Crippen molar-refractivity contribution in [3.8, 4) is 5.75 Å². The highest BCUT2D eigenvalue weighted by Crippen LogP contribution is 2.19. The van der Waals surface area contributed by atoms with Crippen LogP contribution in [0.4, 0.5) is 0 Å². The summed E-state index contributed by atoms with van der Waals surface area (Å²) in [7, 11) is 0. The van der Waals surface area contributed by atoms with Crippen molar-refractivity contribution >= 4 is 11.8 Å². The predicted molar refractivity (Wildman–Crippen MR) is 101 cm³/mol. The number of aryl methyl sites for hydroxylation is 1. The first-order valence-corrected chi connectivity index (χ1v) is 9.64. The largest absolute Gasteiger partial charge is 0.484 e. The Morgan fingerprint density at radius 1 is 1.11 bits per heavy atom. The van der Waals surface area contributed by atoms with Gasteiger partial charge in [-0.2, -0.15) is 0 Å². The van der Waals surface area contributed by atoms with Gasteiger partial charge in [-0.05, 0) is 37.8 Å². The number of carbonyl (C=O) groups excluding carboxylic acids is 2. The van der Waals surface area contributed by atoms with E-state index in [0.717, 1.165) is 18.4 Å². The van der Waals surface area contributed by atoms with Crippen LogP contribution in [0.5, 0.6) is 5.75 Å². The Labute approximate surface area is 160 Å². The van der Waals surface area contributed by atoms with Crippen molar-refractivity contribution in [1.82, 2.24) is 9.80 Å². The number of benzene rings is 1. The zero-order valence-corrected chi connectivity index (χ0v) is 15.9. The second kappa shape index (κ2) is 9.19. The van der Waals surface area contributed by atoms with E-state index in [9.17, 15) is 9.59 Å². The summed E-state index contributed by atoms with van der Waals surface area (Å²) in [6.45, 7) is 5.44. The number of nitrogens with two attached hydrogens (primary N) is 1. The number of hydrogen-bond acceptors (Lipinski definition) is 5. The van der Waals surface area contributed by atoms with E-state index in [4.69, 9.17) is 15.2 Å². The molecule has 1 aromatic rings. The first kappa shape index (κ1) is 19.6. The number of nitrogens with zero attached hydrogens (tertiary/aromatic N) is 2. The molecule has 148 valence electrons. The van der Waals surface area contributed by atoms with Crippen LogP contribution in [0.3, 0.4) is 0 Å². The van der Waals surface area contributed by atoms with Gasteiger partial charge in [0.2, 0.25) is 5.91 Å². The van der Waals surface area contributed by atoms with Crippen molar-refractivity contribution < 1.29 is 19.1 Å². The molecule has 0 spiro atoms. The molecule has 7 heteroatoms. The maximum Gasteiger partial charge on any atom is 0.260 e. The number of amides is 2. The topological polar surface area (TPSA) is 85.1 Å². The molecular formula is C20H29N3O4. The normalized spacial score (nSPS) is 19.6.